The van der Waals surface area contributed by atoms with Gasteiger partial charge in [0.2, 0.25) is 0 Å². The second kappa shape index (κ2) is 8.37. The van der Waals surface area contributed by atoms with Crippen molar-refractivity contribution in [2.24, 2.45) is 5.73 Å². The summed E-state index contributed by atoms with van der Waals surface area (Å²) in [7, 11) is 5.91. The Labute approximate surface area is 129 Å². The summed E-state index contributed by atoms with van der Waals surface area (Å²) in [5.74, 6) is 0.879. The fraction of sp³-hybridized carbons (Fsp3) is 0.647. The van der Waals surface area contributed by atoms with E-state index in [4.69, 9.17) is 10.5 Å². The summed E-state index contributed by atoms with van der Waals surface area (Å²) in [5, 5.41) is 0. The molecule has 4 nitrogen and oxygen atoms in total. The Bertz CT molecular complexity index is 434. The summed E-state index contributed by atoms with van der Waals surface area (Å²) < 4.78 is 5.45. The molecule has 0 heterocycles. The number of likely N-dealkylation sites (N-methyl/N-ethyl adjacent to an activating group) is 2. The number of aryl methyl sites for hydroxylation is 1. The van der Waals surface area contributed by atoms with Gasteiger partial charge in [-0.05, 0) is 40.6 Å². The van der Waals surface area contributed by atoms with Crippen molar-refractivity contribution in [2.75, 3.05) is 40.8 Å². The molecule has 0 aliphatic heterocycles. The summed E-state index contributed by atoms with van der Waals surface area (Å²) in [6.45, 7) is 9.39. The quantitative estimate of drug-likeness (QED) is 0.798. The molecule has 1 aromatic rings. The number of rotatable bonds is 8. The van der Waals surface area contributed by atoms with Crippen molar-refractivity contribution in [3.63, 3.8) is 0 Å². The molecule has 0 amide bonds. The number of benzene rings is 1. The predicted molar refractivity (Wildman–Crippen MR) is 89.9 cm³/mol. The monoisotopic (exact) mass is 293 g/mol. The van der Waals surface area contributed by atoms with Crippen molar-refractivity contribution in [1.29, 1.82) is 0 Å². The maximum Gasteiger partial charge on any atom is 0.123 e. The van der Waals surface area contributed by atoms with E-state index in [1.807, 2.05) is 6.07 Å². The van der Waals surface area contributed by atoms with Gasteiger partial charge in [-0.15, -0.1) is 0 Å². The number of hydrogen-bond donors (Lipinski definition) is 1. The Kier molecular flexibility index (Phi) is 7.15. The summed E-state index contributed by atoms with van der Waals surface area (Å²) in [4.78, 5) is 4.64. The van der Waals surface area contributed by atoms with E-state index in [0.29, 0.717) is 6.04 Å². The first kappa shape index (κ1) is 18.0. The van der Waals surface area contributed by atoms with Gasteiger partial charge in [-0.2, -0.15) is 0 Å². The lowest BCUT2D eigenvalue weighted by Gasteiger charge is -2.32. The molecule has 0 aliphatic rings. The van der Waals surface area contributed by atoms with Crippen molar-refractivity contribution in [1.82, 2.24) is 9.80 Å². The molecule has 1 aromatic carbocycles. The summed E-state index contributed by atoms with van der Waals surface area (Å²) >= 11 is 0. The van der Waals surface area contributed by atoms with E-state index >= 15 is 0 Å². The Morgan fingerprint density at radius 3 is 2.43 bits per heavy atom. The molecule has 1 rings (SSSR count). The highest BCUT2D eigenvalue weighted by molar-refractivity contribution is 5.39. The molecule has 0 spiro atoms. The number of methoxy groups -OCH3 is 1. The fourth-order valence-electron chi connectivity index (χ4n) is 2.76. The molecular weight excluding hydrogens is 262 g/mol. The van der Waals surface area contributed by atoms with Gasteiger partial charge in [0.25, 0.3) is 0 Å². The van der Waals surface area contributed by atoms with Crippen LogP contribution in [-0.2, 0) is 0 Å². The first-order valence-electron chi connectivity index (χ1n) is 7.67. The maximum absolute atomic E-state index is 6.45. The van der Waals surface area contributed by atoms with E-state index in [1.165, 1.54) is 5.56 Å². The van der Waals surface area contributed by atoms with Gasteiger partial charge in [0.05, 0.1) is 7.11 Å². The SMILES string of the molecule is CCN(CC(N)c1cc(C)ccc1OC)C(C)CN(C)C. The van der Waals surface area contributed by atoms with Gasteiger partial charge < -0.3 is 15.4 Å². The molecule has 0 saturated heterocycles. The zero-order valence-corrected chi connectivity index (χ0v) is 14.4. The minimum Gasteiger partial charge on any atom is -0.496 e. The summed E-state index contributed by atoms with van der Waals surface area (Å²) in [5.41, 5.74) is 8.75. The van der Waals surface area contributed by atoms with Gasteiger partial charge in [-0.1, -0.05) is 24.6 Å². The average molecular weight is 293 g/mol. The van der Waals surface area contributed by atoms with Gasteiger partial charge in [0, 0.05) is 30.7 Å². The molecule has 120 valence electrons. The zero-order valence-electron chi connectivity index (χ0n) is 14.4. The van der Waals surface area contributed by atoms with Crippen molar-refractivity contribution < 1.29 is 4.74 Å². The highest BCUT2D eigenvalue weighted by Crippen LogP contribution is 2.26. The van der Waals surface area contributed by atoms with Crippen molar-refractivity contribution in [3.8, 4) is 5.75 Å². The molecule has 2 N–H and O–H groups in total. The lowest BCUT2D eigenvalue weighted by atomic mass is 10.0. The minimum atomic E-state index is -0.0376. The van der Waals surface area contributed by atoms with Crippen LogP contribution in [0.1, 0.15) is 31.0 Å². The molecular formula is C17H31N3O. The standard InChI is InChI=1S/C17H31N3O/c1-7-20(14(3)11-19(4)5)12-16(18)15-10-13(2)8-9-17(15)21-6/h8-10,14,16H,7,11-12,18H2,1-6H3. The molecule has 21 heavy (non-hydrogen) atoms. The van der Waals surface area contributed by atoms with Gasteiger partial charge in [0.1, 0.15) is 5.75 Å². The predicted octanol–water partition coefficient (Wildman–Crippen LogP) is 2.28. The van der Waals surface area contributed by atoms with Crippen LogP contribution in [0.3, 0.4) is 0 Å². The van der Waals surface area contributed by atoms with Gasteiger partial charge >= 0.3 is 0 Å². The zero-order chi connectivity index (χ0) is 16.0. The highest BCUT2D eigenvalue weighted by Gasteiger charge is 2.19. The van der Waals surface area contributed by atoms with E-state index < -0.39 is 0 Å². The van der Waals surface area contributed by atoms with Crippen LogP contribution in [0, 0.1) is 6.92 Å². The van der Waals surface area contributed by atoms with Crippen LogP contribution < -0.4 is 10.5 Å². The van der Waals surface area contributed by atoms with E-state index in [9.17, 15) is 0 Å². The number of nitrogens with two attached hydrogens (primary N) is 1. The smallest absolute Gasteiger partial charge is 0.123 e. The normalized spacial score (nSPS) is 14.5. The van der Waals surface area contributed by atoms with Crippen LogP contribution in [-0.4, -0.2) is 56.7 Å². The number of ether oxygens (including phenoxy) is 1. The van der Waals surface area contributed by atoms with Crippen molar-refractivity contribution in [3.05, 3.63) is 29.3 Å². The van der Waals surface area contributed by atoms with Gasteiger partial charge in [-0.3, -0.25) is 4.90 Å². The van der Waals surface area contributed by atoms with Crippen LogP contribution in [0.2, 0.25) is 0 Å². The lowest BCUT2D eigenvalue weighted by molar-refractivity contribution is 0.172. The first-order valence-corrected chi connectivity index (χ1v) is 7.67. The molecule has 0 bridgehead atoms. The second-order valence-corrected chi connectivity index (χ2v) is 6.05. The molecule has 0 saturated carbocycles. The fourth-order valence-corrected chi connectivity index (χ4v) is 2.76. The van der Waals surface area contributed by atoms with E-state index in [-0.39, 0.29) is 6.04 Å². The third-order valence-corrected chi connectivity index (χ3v) is 3.87. The van der Waals surface area contributed by atoms with Crippen molar-refractivity contribution in [2.45, 2.75) is 32.9 Å². The first-order chi connectivity index (χ1) is 9.88. The molecule has 0 radical (unpaired) electrons. The Balaban J connectivity index is 2.82. The lowest BCUT2D eigenvalue weighted by Crippen LogP contribution is -2.43. The van der Waals surface area contributed by atoms with E-state index in [1.54, 1.807) is 7.11 Å². The third kappa shape index (κ3) is 5.30. The Hall–Kier alpha value is -1.10. The largest absolute Gasteiger partial charge is 0.496 e. The van der Waals surface area contributed by atoms with Gasteiger partial charge in [0.15, 0.2) is 0 Å². The van der Waals surface area contributed by atoms with Crippen LogP contribution in [0.5, 0.6) is 5.75 Å². The molecule has 2 atom stereocenters. The van der Waals surface area contributed by atoms with E-state index in [2.05, 4.69) is 56.8 Å². The van der Waals surface area contributed by atoms with Crippen molar-refractivity contribution >= 4 is 0 Å². The molecule has 4 heteroatoms. The number of nitrogens with zero attached hydrogens (tertiary/aromatic N) is 2. The summed E-state index contributed by atoms with van der Waals surface area (Å²) in [6.07, 6.45) is 0. The number of hydrogen-bond acceptors (Lipinski definition) is 4. The van der Waals surface area contributed by atoms with Crippen LogP contribution in [0.25, 0.3) is 0 Å². The van der Waals surface area contributed by atoms with Gasteiger partial charge in [-0.25, -0.2) is 0 Å². The second-order valence-electron chi connectivity index (χ2n) is 6.05. The molecule has 0 fully saturated rings. The average Bonchev–Trinajstić information content (AvgIpc) is 2.43. The summed E-state index contributed by atoms with van der Waals surface area (Å²) in [6, 6.07) is 6.63. The van der Waals surface area contributed by atoms with Crippen LogP contribution in [0.4, 0.5) is 0 Å². The Morgan fingerprint density at radius 2 is 1.90 bits per heavy atom. The van der Waals surface area contributed by atoms with Crippen LogP contribution in [0.15, 0.2) is 18.2 Å². The molecule has 0 aliphatic carbocycles. The third-order valence-electron chi connectivity index (χ3n) is 3.87. The molecule has 2 unspecified atom stereocenters. The topological polar surface area (TPSA) is 41.7 Å². The maximum atomic E-state index is 6.45. The highest BCUT2D eigenvalue weighted by atomic mass is 16.5. The van der Waals surface area contributed by atoms with Crippen LogP contribution >= 0.6 is 0 Å². The molecule has 0 aromatic heterocycles. The Morgan fingerprint density at radius 1 is 1.24 bits per heavy atom. The minimum absolute atomic E-state index is 0.0376. The van der Waals surface area contributed by atoms with E-state index in [0.717, 1.165) is 30.9 Å².